The van der Waals surface area contributed by atoms with Gasteiger partial charge < -0.3 is 4.42 Å². The third kappa shape index (κ3) is 2.35. The molecule has 0 fully saturated rings. The maximum Gasteiger partial charge on any atom is 0.211 e. The lowest BCUT2D eigenvalue weighted by molar-refractivity contribution is 0.0968. The van der Waals surface area contributed by atoms with E-state index < -0.39 is 5.82 Å². The molecule has 0 amide bonds. The average molecular weight is 231 g/mol. The SMILES string of the molecule is C#CCNCC(=O)c1cc2cccc(F)c2o1. The molecule has 1 N–H and O–H groups in total. The van der Waals surface area contributed by atoms with Crippen LogP contribution in [0.2, 0.25) is 0 Å². The van der Waals surface area contributed by atoms with Gasteiger partial charge in [0.2, 0.25) is 5.78 Å². The second-order valence-corrected chi connectivity index (χ2v) is 3.50. The van der Waals surface area contributed by atoms with E-state index in [4.69, 9.17) is 10.8 Å². The number of furan rings is 1. The molecular formula is C13H10FNO2. The minimum absolute atomic E-state index is 0.0750. The van der Waals surface area contributed by atoms with Gasteiger partial charge in [0.1, 0.15) is 0 Å². The van der Waals surface area contributed by atoms with Gasteiger partial charge in [-0.05, 0) is 12.1 Å². The Morgan fingerprint density at radius 2 is 2.35 bits per heavy atom. The molecule has 1 aromatic carbocycles. The molecule has 1 aromatic heterocycles. The highest BCUT2D eigenvalue weighted by Crippen LogP contribution is 2.22. The van der Waals surface area contributed by atoms with Crippen molar-refractivity contribution in [1.29, 1.82) is 0 Å². The molecule has 0 aliphatic rings. The molecule has 0 saturated heterocycles. The Kier molecular flexibility index (Phi) is 3.22. The molecule has 0 spiro atoms. The van der Waals surface area contributed by atoms with Gasteiger partial charge in [0.05, 0.1) is 13.1 Å². The summed E-state index contributed by atoms with van der Waals surface area (Å²) in [4.78, 5) is 11.7. The van der Waals surface area contributed by atoms with Gasteiger partial charge in [-0.3, -0.25) is 10.1 Å². The monoisotopic (exact) mass is 231 g/mol. The molecule has 0 atom stereocenters. The lowest BCUT2D eigenvalue weighted by Gasteiger charge is -1.96. The van der Waals surface area contributed by atoms with Crippen LogP contribution in [-0.2, 0) is 0 Å². The van der Waals surface area contributed by atoms with Crippen molar-refractivity contribution in [3.8, 4) is 12.3 Å². The van der Waals surface area contributed by atoms with Crippen molar-refractivity contribution in [3.05, 3.63) is 35.8 Å². The average Bonchev–Trinajstić information content (AvgIpc) is 2.75. The van der Waals surface area contributed by atoms with Crippen LogP contribution in [0.25, 0.3) is 11.0 Å². The van der Waals surface area contributed by atoms with Crippen molar-refractivity contribution in [1.82, 2.24) is 5.32 Å². The summed E-state index contributed by atoms with van der Waals surface area (Å²) in [5, 5.41) is 3.33. The Bertz CT molecular complexity index is 595. The highest BCUT2D eigenvalue weighted by molar-refractivity contribution is 5.98. The zero-order chi connectivity index (χ0) is 12.3. The second-order valence-electron chi connectivity index (χ2n) is 3.50. The largest absolute Gasteiger partial charge is 0.450 e. The van der Waals surface area contributed by atoms with E-state index >= 15 is 0 Å². The summed E-state index contributed by atoms with van der Waals surface area (Å²) < 4.78 is 18.5. The minimum atomic E-state index is -0.474. The summed E-state index contributed by atoms with van der Waals surface area (Å²) in [5.74, 6) is 1.76. The van der Waals surface area contributed by atoms with Crippen molar-refractivity contribution in [3.63, 3.8) is 0 Å². The fourth-order valence-electron chi connectivity index (χ4n) is 1.50. The number of para-hydroxylation sites is 1. The van der Waals surface area contributed by atoms with Gasteiger partial charge in [-0.15, -0.1) is 6.42 Å². The van der Waals surface area contributed by atoms with E-state index in [-0.39, 0.29) is 23.7 Å². The number of ketones is 1. The molecule has 0 aliphatic carbocycles. The van der Waals surface area contributed by atoms with Gasteiger partial charge in [0.15, 0.2) is 17.2 Å². The fraction of sp³-hybridized carbons (Fsp3) is 0.154. The van der Waals surface area contributed by atoms with E-state index in [0.717, 1.165) is 0 Å². The fourth-order valence-corrected chi connectivity index (χ4v) is 1.50. The van der Waals surface area contributed by atoms with Gasteiger partial charge in [-0.1, -0.05) is 18.1 Å². The van der Waals surface area contributed by atoms with Crippen molar-refractivity contribution in [2.75, 3.05) is 13.1 Å². The van der Waals surface area contributed by atoms with Crippen LogP contribution in [0, 0.1) is 18.2 Å². The normalized spacial score (nSPS) is 10.4. The summed E-state index contributed by atoms with van der Waals surface area (Å²) in [6, 6.07) is 6.07. The van der Waals surface area contributed by atoms with E-state index in [1.807, 2.05) is 0 Å². The number of hydrogen-bond donors (Lipinski definition) is 1. The smallest absolute Gasteiger partial charge is 0.211 e. The first kappa shape index (κ1) is 11.4. The lowest BCUT2D eigenvalue weighted by atomic mass is 10.2. The van der Waals surface area contributed by atoms with Crippen LogP contribution >= 0.6 is 0 Å². The van der Waals surface area contributed by atoms with Crippen LogP contribution in [0.15, 0.2) is 28.7 Å². The Morgan fingerprint density at radius 3 is 3.06 bits per heavy atom. The van der Waals surface area contributed by atoms with Crippen molar-refractivity contribution in [2.24, 2.45) is 0 Å². The molecular weight excluding hydrogens is 221 g/mol. The number of terminal acetylenes is 1. The topological polar surface area (TPSA) is 42.2 Å². The van der Waals surface area contributed by atoms with Crippen LogP contribution in [0.3, 0.4) is 0 Å². The first-order valence-electron chi connectivity index (χ1n) is 5.08. The van der Waals surface area contributed by atoms with Gasteiger partial charge in [0.25, 0.3) is 0 Å². The molecule has 2 rings (SSSR count). The Labute approximate surface area is 97.6 Å². The number of benzene rings is 1. The zero-order valence-electron chi connectivity index (χ0n) is 9.00. The van der Waals surface area contributed by atoms with Crippen LogP contribution in [0.1, 0.15) is 10.6 Å². The van der Waals surface area contributed by atoms with Crippen molar-refractivity contribution < 1.29 is 13.6 Å². The Morgan fingerprint density at radius 1 is 1.53 bits per heavy atom. The van der Waals surface area contributed by atoms with Crippen LogP contribution in [0.4, 0.5) is 4.39 Å². The molecule has 4 heteroatoms. The number of hydrogen-bond acceptors (Lipinski definition) is 3. The quantitative estimate of drug-likeness (QED) is 0.497. The maximum atomic E-state index is 13.3. The van der Waals surface area contributed by atoms with Gasteiger partial charge in [-0.25, -0.2) is 4.39 Å². The number of rotatable bonds is 4. The molecule has 2 aromatic rings. The van der Waals surface area contributed by atoms with E-state index in [9.17, 15) is 9.18 Å². The lowest BCUT2D eigenvalue weighted by Crippen LogP contribution is -2.22. The van der Waals surface area contributed by atoms with E-state index in [2.05, 4.69) is 11.2 Å². The number of nitrogens with one attached hydrogen (secondary N) is 1. The molecule has 0 bridgehead atoms. The molecule has 1 heterocycles. The summed E-state index contributed by atoms with van der Waals surface area (Å²) in [6.07, 6.45) is 5.04. The van der Waals surface area contributed by atoms with E-state index in [0.29, 0.717) is 11.9 Å². The molecule has 0 aliphatic heterocycles. The molecule has 0 radical (unpaired) electrons. The summed E-state index contributed by atoms with van der Waals surface area (Å²) >= 11 is 0. The number of carbonyl (C=O) groups excluding carboxylic acids is 1. The van der Waals surface area contributed by atoms with Crippen LogP contribution in [0.5, 0.6) is 0 Å². The van der Waals surface area contributed by atoms with Crippen molar-refractivity contribution in [2.45, 2.75) is 0 Å². The summed E-state index contributed by atoms with van der Waals surface area (Å²) in [7, 11) is 0. The molecule has 86 valence electrons. The van der Waals surface area contributed by atoms with Crippen molar-refractivity contribution >= 4 is 16.8 Å². The van der Waals surface area contributed by atoms with Crippen LogP contribution in [-0.4, -0.2) is 18.9 Å². The first-order valence-corrected chi connectivity index (χ1v) is 5.08. The number of halogens is 1. The molecule has 3 nitrogen and oxygen atoms in total. The molecule has 0 saturated carbocycles. The second kappa shape index (κ2) is 4.81. The predicted molar refractivity (Wildman–Crippen MR) is 62.2 cm³/mol. The number of fused-ring (bicyclic) bond motifs is 1. The first-order chi connectivity index (χ1) is 8.22. The number of Topliss-reactive ketones (excluding diaryl/α,β-unsaturated/α-hetero) is 1. The summed E-state index contributed by atoms with van der Waals surface area (Å²) in [6.45, 7) is 0.381. The summed E-state index contributed by atoms with van der Waals surface area (Å²) in [5.41, 5.74) is 0.104. The van der Waals surface area contributed by atoms with Gasteiger partial charge in [-0.2, -0.15) is 0 Å². The minimum Gasteiger partial charge on any atom is -0.450 e. The third-order valence-corrected chi connectivity index (χ3v) is 2.28. The Balaban J connectivity index is 2.22. The standard InChI is InChI=1S/C13H10FNO2/c1-2-6-15-8-11(16)12-7-9-4-3-5-10(14)13(9)17-12/h1,3-5,7,15H,6,8H2. The zero-order valence-corrected chi connectivity index (χ0v) is 9.00. The Hall–Kier alpha value is -2.12. The molecule has 17 heavy (non-hydrogen) atoms. The van der Waals surface area contributed by atoms with E-state index in [1.165, 1.54) is 12.1 Å². The highest BCUT2D eigenvalue weighted by Gasteiger charge is 2.13. The van der Waals surface area contributed by atoms with Crippen LogP contribution < -0.4 is 5.32 Å². The maximum absolute atomic E-state index is 13.3. The van der Waals surface area contributed by atoms with Gasteiger partial charge in [0, 0.05) is 5.39 Å². The van der Waals surface area contributed by atoms with E-state index in [1.54, 1.807) is 12.1 Å². The highest BCUT2D eigenvalue weighted by atomic mass is 19.1. The van der Waals surface area contributed by atoms with Gasteiger partial charge >= 0.3 is 0 Å². The number of carbonyl (C=O) groups is 1. The molecule has 0 unspecified atom stereocenters. The predicted octanol–water partition coefficient (Wildman–Crippen LogP) is 1.98. The third-order valence-electron chi connectivity index (χ3n) is 2.28.